The Hall–Kier alpha value is -4.14. The lowest BCUT2D eigenvalue weighted by Gasteiger charge is -2.18. The number of Topliss-reactive ketones (excluding diaryl/α,β-unsaturated/α-hetero) is 1. The third-order valence-electron chi connectivity index (χ3n) is 4.25. The van der Waals surface area contributed by atoms with Gasteiger partial charge in [0.05, 0.1) is 5.69 Å². The molecule has 0 unspecified atom stereocenters. The van der Waals surface area contributed by atoms with Gasteiger partial charge >= 0.3 is 11.6 Å². The molecule has 9 nitrogen and oxygen atoms in total. The van der Waals surface area contributed by atoms with Crippen molar-refractivity contribution in [1.29, 1.82) is 0 Å². The summed E-state index contributed by atoms with van der Waals surface area (Å²) in [5.41, 5.74) is 0.477. The molecular formula is C21H15NO8. The first-order chi connectivity index (χ1) is 14.5. The van der Waals surface area contributed by atoms with Crippen LogP contribution in [-0.2, 0) is 14.3 Å². The molecule has 0 radical (unpaired) electrons. The maximum atomic E-state index is 12.3. The van der Waals surface area contributed by atoms with Gasteiger partial charge in [0.2, 0.25) is 0 Å². The first kappa shape index (κ1) is 19.2. The molecule has 0 bridgehead atoms. The van der Waals surface area contributed by atoms with Crippen molar-refractivity contribution in [2.45, 2.75) is 0 Å². The van der Waals surface area contributed by atoms with Crippen LogP contribution in [0.5, 0.6) is 11.5 Å². The average Bonchev–Trinajstić information content (AvgIpc) is 2.75. The van der Waals surface area contributed by atoms with Crippen molar-refractivity contribution in [2.24, 2.45) is 0 Å². The Morgan fingerprint density at radius 2 is 1.83 bits per heavy atom. The predicted octanol–water partition coefficient (Wildman–Crippen LogP) is 1.93. The minimum Gasteiger partial charge on any atom is -0.482 e. The number of ketones is 1. The number of carbonyl (C=O) groups is 3. The van der Waals surface area contributed by atoms with E-state index in [1.165, 1.54) is 24.3 Å². The largest absolute Gasteiger partial charge is 0.482 e. The molecule has 0 atom stereocenters. The van der Waals surface area contributed by atoms with Crippen molar-refractivity contribution < 1.29 is 33.0 Å². The van der Waals surface area contributed by atoms with E-state index in [9.17, 15) is 19.2 Å². The van der Waals surface area contributed by atoms with Crippen LogP contribution in [-0.4, -0.2) is 37.5 Å². The van der Waals surface area contributed by atoms with Crippen LogP contribution < -0.4 is 20.4 Å². The number of rotatable bonds is 6. The molecule has 3 aromatic rings. The fraction of sp³-hybridized carbons (Fsp3) is 0.143. The first-order valence-corrected chi connectivity index (χ1v) is 8.90. The Balaban J connectivity index is 1.31. The van der Waals surface area contributed by atoms with E-state index in [1.807, 2.05) is 0 Å². The highest BCUT2D eigenvalue weighted by Crippen LogP contribution is 2.28. The molecule has 1 aliphatic heterocycles. The molecule has 30 heavy (non-hydrogen) atoms. The number of carbonyl (C=O) groups excluding carboxylic acids is 3. The van der Waals surface area contributed by atoms with Gasteiger partial charge in [0.25, 0.3) is 5.91 Å². The van der Waals surface area contributed by atoms with Gasteiger partial charge in [0.1, 0.15) is 17.1 Å². The van der Waals surface area contributed by atoms with Crippen LogP contribution in [0.25, 0.3) is 11.0 Å². The van der Waals surface area contributed by atoms with E-state index in [2.05, 4.69) is 5.32 Å². The second-order valence-electron chi connectivity index (χ2n) is 6.37. The second-order valence-corrected chi connectivity index (χ2v) is 6.37. The number of hydrogen-bond acceptors (Lipinski definition) is 8. The molecule has 0 spiro atoms. The number of fused-ring (bicyclic) bond motifs is 2. The fourth-order valence-electron chi connectivity index (χ4n) is 2.80. The third kappa shape index (κ3) is 4.30. The lowest BCUT2D eigenvalue weighted by molar-refractivity contribution is -0.144. The smallest absolute Gasteiger partial charge is 0.344 e. The summed E-state index contributed by atoms with van der Waals surface area (Å²) < 4.78 is 20.6. The van der Waals surface area contributed by atoms with Crippen LogP contribution in [0, 0.1) is 0 Å². The number of hydrogen-bond donors (Lipinski definition) is 1. The molecule has 0 saturated heterocycles. The van der Waals surface area contributed by atoms with Gasteiger partial charge in [-0.3, -0.25) is 9.59 Å². The zero-order valence-electron chi connectivity index (χ0n) is 15.5. The van der Waals surface area contributed by atoms with Crippen LogP contribution in [0.1, 0.15) is 10.4 Å². The number of amides is 1. The predicted molar refractivity (Wildman–Crippen MR) is 104 cm³/mol. The van der Waals surface area contributed by atoms with Gasteiger partial charge in [-0.1, -0.05) is 0 Å². The molecule has 9 heteroatoms. The van der Waals surface area contributed by atoms with Crippen molar-refractivity contribution in [3.63, 3.8) is 0 Å². The Morgan fingerprint density at radius 1 is 1.00 bits per heavy atom. The summed E-state index contributed by atoms with van der Waals surface area (Å²) in [6, 6.07) is 12.2. The minimum absolute atomic E-state index is 0.0821. The highest BCUT2D eigenvalue weighted by atomic mass is 16.6. The van der Waals surface area contributed by atoms with E-state index < -0.39 is 30.6 Å². The van der Waals surface area contributed by atoms with E-state index in [0.717, 1.165) is 0 Å². The number of ether oxygens (including phenoxy) is 3. The monoisotopic (exact) mass is 409 g/mol. The molecule has 2 heterocycles. The standard InChI is InChI=1S/C21H15NO8/c23-16(13-2-5-17-15(7-13)22-19(24)10-28-17)9-29-21(26)11-27-14-4-1-12-3-6-20(25)30-18(12)8-14/h1-8H,9-11H2,(H,22,24). The normalized spacial score (nSPS) is 12.5. The van der Waals surface area contributed by atoms with Crippen molar-refractivity contribution in [2.75, 3.05) is 25.1 Å². The number of benzene rings is 2. The SMILES string of the molecule is O=C1COc2ccc(C(=O)COC(=O)COc3ccc4ccc(=O)oc4c3)cc2N1. The quantitative estimate of drug-likeness (QED) is 0.372. The van der Waals surface area contributed by atoms with Gasteiger partial charge in [0, 0.05) is 23.1 Å². The molecule has 4 rings (SSSR count). The highest BCUT2D eigenvalue weighted by molar-refractivity contribution is 6.01. The fourth-order valence-corrected chi connectivity index (χ4v) is 2.80. The van der Waals surface area contributed by atoms with Gasteiger partial charge in [-0.25, -0.2) is 9.59 Å². The molecule has 2 aromatic carbocycles. The maximum absolute atomic E-state index is 12.3. The summed E-state index contributed by atoms with van der Waals surface area (Å²) in [6.07, 6.45) is 0. The molecule has 0 saturated carbocycles. The highest BCUT2D eigenvalue weighted by Gasteiger charge is 2.18. The van der Waals surface area contributed by atoms with Crippen LogP contribution in [0.2, 0.25) is 0 Å². The third-order valence-corrected chi connectivity index (χ3v) is 4.25. The summed E-state index contributed by atoms with van der Waals surface area (Å²) in [7, 11) is 0. The Labute approximate surface area is 169 Å². The topological polar surface area (TPSA) is 121 Å². The molecule has 152 valence electrons. The maximum Gasteiger partial charge on any atom is 0.344 e. The molecular weight excluding hydrogens is 394 g/mol. The lowest BCUT2D eigenvalue weighted by Crippen LogP contribution is -2.25. The Bertz CT molecular complexity index is 1210. The van der Waals surface area contributed by atoms with E-state index >= 15 is 0 Å². The summed E-state index contributed by atoms with van der Waals surface area (Å²) in [6.45, 7) is -0.992. The number of anilines is 1. The molecule has 0 fully saturated rings. The second kappa shape index (κ2) is 8.08. The van der Waals surface area contributed by atoms with Gasteiger partial charge in [0.15, 0.2) is 25.6 Å². The van der Waals surface area contributed by atoms with Crippen LogP contribution in [0.4, 0.5) is 5.69 Å². The van der Waals surface area contributed by atoms with Gasteiger partial charge < -0.3 is 23.9 Å². The van der Waals surface area contributed by atoms with Crippen molar-refractivity contribution >= 4 is 34.3 Å². The zero-order valence-corrected chi connectivity index (χ0v) is 15.5. The van der Waals surface area contributed by atoms with Crippen molar-refractivity contribution in [3.8, 4) is 11.5 Å². The van der Waals surface area contributed by atoms with E-state index in [4.69, 9.17) is 18.6 Å². The first-order valence-electron chi connectivity index (χ1n) is 8.90. The molecule has 1 N–H and O–H groups in total. The lowest BCUT2D eigenvalue weighted by atomic mass is 10.1. The molecule has 0 aliphatic carbocycles. The van der Waals surface area contributed by atoms with Crippen molar-refractivity contribution in [1.82, 2.24) is 0 Å². The summed E-state index contributed by atoms with van der Waals surface area (Å²) in [5.74, 6) is -0.733. The van der Waals surface area contributed by atoms with Crippen LogP contribution >= 0.6 is 0 Å². The molecule has 1 aliphatic rings. The summed E-state index contributed by atoms with van der Waals surface area (Å²) in [4.78, 5) is 46.8. The van der Waals surface area contributed by atoms with Gasteiger partial charge in [-0.05, 0) is 36.4 Å². The Morgan fingerprint density at radius 3 is 2.70 bits per heavy atom. The number of nitrogens with one attached hydrogen (secondary N) is 1. The van der Waals surface area contributed by atoms with Crippen LogP contribution in [0.3, 0.4) is 0 Å². The molecule has 1 amide bonds. The molecule has 1 aromatic heterocycles. The van der Waals surface area contributed by atoms with E-state index in [1.54, 1.807) is 24.3 Å². The van der Waals surface area contributed by atoms with E-state index in [-0.39, 0.29) is 18.1 Å². The average molecular weight is 409 g/mol. The van der Waals surface area contributed by atoms with Crippen molar-refractivity contribution in [3.05, 3.63) is 64.5 Å². The summed E-state index contributed by atoms with van der Waals surface area (Å²) >= 11 is 0. The zero-order chi connectivity index (χ0) is 21.1. The van der Waals surface area contributed by atoms with Gasteiger partial charge in [-0.2, -0.15) is 0 Å². The summed E-state index contributed by atoms with van der Waals surface area (Å²) in [5, 5.41) is 3.31. The Kier molecular flexibility index (Phi) is 5.17. The minimum atomic E-state index is -0.743. The van der Waals surface area contributed by atoms with Gasteiger partial charge in [-0.15, -0.1) is 0 Å². The van der Waals surface area contributed by atoms with E-state index in [0.29, 0.717) is 28.2 Å². The number of esters is 1. The van der Waals surface area contributed by atoms with Crippen LogP contribution in [0.15, 0.2) is 57.7 Å².